The minimum Gasteiger partial charge on any atom is -0.381 e. The lowest BCUT2D eigenvalue weighted by molar-refractivity contribution is -0.114. The third-order valence-electron chi connectivity index (χ3n) is 2.75. The van der Waals surface area contributed by atoms with E-state index in [1.54, 1.807) is 0 Å². The second-order valence-corrected chi connectivity index (χ2v) is 3.57. The van der Waals surface area contributed by atoms with Gasteiger partial charge >= 0.3 is 0 Å². The fourth-order valence-corrected chi connectivity index (χ4v) is 2.01. The topological polar surface area (TPSA) is 26.3 Å². The molecule has 0 saturated carbocycles. The first-order valence-corrected chi connectivity index (χ1v) is 4.67. The zero-order valence-corrected chi connectivity index (χ0v) is 7.21. The van der Waals surface area contributed by atoms with Gasteiger partial charge in [-0.3, -0.25) is 4.79 Å². The van der Waals surface area contributed by atoms with E-state index in [0.717, 1.165) is 38.9 Å². The number of hydrogen-bond donors (Lipinski definition) is 0. The van der Waals surface area contributed by atoms with Gasteiger partial charge in [-0.15, -0.1) is 0 Å². The number of rotatable bonds is 1. The summed E-state index contributed by atoms with van der Waals surface area (Å²) < 4.78 is 5.27. The highest BCUT2D eigenvalue weighted by molar-refractivity contribution is 5.93. The number of ketones is 1. The molecule has 1 aliphatic carbocycles. The molecule has 2 rings (SSSR count). The van der Waals surface area contributed by atoms with E-state index in [1.165, 1.54) is 5.57 Å². The van der Waals surface area contributed by atoms with E-state index < -0.39 is 0 Å². The van der Waals surface area contributed by atoms with Gasteiger partial charge in [-0.2, -0.15) is 0 Å². The van der Waals surface area contributed by atoms with Crippen molar-refractivity contribution >= 4 is 5.78 Å². The molecule has 0 radical (unpaired) electrons. The average molecular weight is 166 g/mol. The van der Waals surface area contributed by atoms with Gasteiger partial charge in [0.2, 0.25) is 0 Å². The molecule has 2 nitrogen and oxygen atoms in total. The number of carbonyl (C=O) groups is 1. The molecule has 12 heavy (non-hydrogen) atoms. The second kappa shape index (κ2) is 3.40. The molecule has 2 heteroatoms. The summed E-state index contributed by atoms with van der Waals surface area (Å²) in [5.74, 6) is 0.960. The summed E-state index contributed by atoms with van der Waals surface area (Å²) >= 11 is 0. The lowest BCUT2D eigenvalue weighted by Gasteiger charge is -2.22. The molecule has 0 aromatic heterocycles. The van der Waals surface area contributed by atoms with Gasteiger partial charge in [0.1, 0.15) is 0 Å². The van der Waals surface area contributed by atoms with Crippen LogP contribution in [-0.2, 0) is 9.53 Å². The Bertz CT molecular complexity index is 212. The number of allylic oxidation sites excluding steroid dienone is 2. The zero-order valence-electron chi connectivity index (χ0n) is 7.21. The molecule has 0 aromatic rings. The van der Waals surface area contributed by atoms with Crippen molar-refractivity contribution in [3.05, 3.63) is 11.6 Å². The quantitative estimate of drug-likeness (QED) is 0.592. The fourth-order valence-electron chi connectivity index (χ4n) is 2.01. The van der Waals surface area contributed by atoms with E-state index in [1.807, 2.05) is 6.08 Å². The summed E-state index contributed by atoms with van der Waals surface area (Å²) in [6.45, 7) is 1.74. The summed E-state index contributed by atoms with van der Waals surface area (Å²) in [7, 11) is 0. The second-order valence-electron chi connectivity index (χ2n) is 3.57. The normalized spacial score (nSPS) is 26.0. The van der Waals surface area contributed by atoms with E-state index in [2.05, 4.69) is 0 Å². The molecule has 1 saturated heterocycles. The Morgan fingerprint density at radius 2 is 2.00 bits per heavy atom. The number of ether oxygens (including phenoxy) is 1. The first-order chi connectivity index (χ1) is 5.86. The van der Waals surface area contributed by atoms with E-state index in [-0.39, 0.29) is 0 Å². The molecule has 0 amide bonds. The number of hydrogen-bond acceptors (Lipinski definition) is 2. The first kappa shape index (κ1) is 7.99. The molecule has 2 aliphatic rings. The maximum absolute atomic E-state index is 11.0. The summed E-state index contributed by atoms with van der Waals surface area (Å²) in [5, 5.41) is 0. The Morgan fingerprint density at radius 3 is 2.58 bits per heavy atom. The van der Waals surface area contributed by atoms with Gasteiger partial charge in [-0.25, -0.2) is 0 Å². The molecular weight excluding hydrogens is 152 g/mol. The SMILES string of the molecule is O=C1C=C(C2CCOCC2)CC1. The Morgan fingerprint density at radius 1 is 1.25 bits per heavy atom. The van der Waals surface area contributed by atoms with Crippen molar-refractivity contribution < 1.29 is 9.53 Å². The Hall–Kier alpha value is -0.630. The van der Waals surface area contributed by atoms with Gasteiger partial charge in [0, 0.05) is 19.6 Å². The van der Waals surface area contributed by atoms with Crippen molar-refractivity contribution in [1.82, 2.24) is 0 Å². The highest BCUT2D eigenvalue weighted by Crippen LogP contribution is 2.29. The largest absolute Gasteiger partial charge is 0.381 e. The molecule has 0 aromatic carbocycles. The van der Waals surface area contributed by atoms with Crippen molar-refractivity contribution in [2.24, 2.45) is 5.92 Å². The average Bonchev–Trinajstić information content (AvgIpc) is 2.54. The van der Waals surface area contributed by atoms with E-state index in [0.29, 0.717) is 11.7 Å². The maximum Gasteiger partial charge on any atom is 0.155 e. The smallest absolute Gasteiger partial charge is 0.155 e. The van der Waals surface area contributed by atoms with E-state index >= 15 is 0 Å². The zero-order chi connectivity index (χ0) is 8.39. The molecule has 0 spiro atoms. The van der Waals surface area contributed by atoms with Gasteiger partial charge in [0.15, 0.2) is 5.78 Å². The Labute approximate surface area is 72.6 Å². The molecule has 0 N–H and O–H groups in total. The van der Waals surface area contributed by atoms with Crippen molar-refractivity contribution in [1.29, 1.82) is 0 Å². The van der Waals surface area contributed by atoms with Crippen LogP contribution in [0.5, 0.6) is 0 Å². The molecule has 0 bridgehead atoms. The predicted molar refractivity (Wildman–Crippen MR) is 45.9 cm³/mol. The summed E-state index contributed by atoms with van der Waals surface area (Å²) in [6.07, 6.45) is 5.82. The lowest BCUT2D eigenvalue weighted by atomic mass is 9.91. The molecule has 0 atom stereocenters. The fraction of sp³-hybridized carbons (Fsp3) is 0.700. The Balaban J connectivity index is 1.99. The standard InChI is InChI=1S/C10H14O2/c11-10-2-1-9(7-10)8-3-5-12-6-4-8/h7-8H,1-6H2. The van der Waals surface area contributed by atoms with Gasteiger partial charge in [-0.05, 0) is 31.3 Å². The van der Waals surface area contributed by atoms with Gasteiger partial charge in [0.05, 0.1) is 0 Å². The van der Waals surface area contributed by atoms with Crippen molar-refractivity contribution in [2.75, 3.05) is 13.2 Å². The van der Waals surface area contributed by atoms with Crippen molar-refractivity contribution in [3.8, 4) is 0 Å². The highest BCUT2D eigenvalue weighted by atomic mass is 16.5. The molecule has 1 aliphatic heterocycles. The predicted octanol–water partition coefficient (Wildman–Crippen LogP) is 1.70. The number of carbonyl (C=O) groups excluding carboxylic acids is 1. The minimum atomic E-state index is 0.316. The van der Waals surface area contributed by atoms with Crippen LogP contribution in [-0.4, -0.2) is 19.0 Å². The summed E-state index contributed by atoms with van der Waals surface area (Å²) in [4.78, 5) is 11.0. The van der Waals surface area contributed by atoms with Crippen LogP contribution in [0.25, 0.3) is 0 Å². The van der Waals surface area contributed by atoms with Crippen molar-refractivity contribution in [2.45, 2.75) is 25.7 Å². The summed E-state index contributed by atoms with van der Waals surface area (Å²) in [6, 6.07) is 0. The van der Waals surface area contributed by atoms with Crippen LogP contribution in [0.3, 0.4) is 0 Å². The van der Waals surface area contributed by atoms with E-state index in [9.17, 15) is 4.79 Å². The molecule has 66 valence electrons. The van der Waals surface area contributed by atoms with Crippen LogP contribution in [0.15, 0.2) is 11.6 Å². The Kier molecular flexibility index (Phi) is 2.26. The van der Waals surface area contributed by atoms with Crippen LogP contribution in [0.1, 0.15) is 25.7 Å². The van der Waals surface area contributed by atoms with Crippen LogP contribution >= 0.6 is 0 Å². The van der Waals surface area contributed by atoms with Gasteiger partial charge in [-0.1, -0.05) is 5.57 Å². The monoisotopic (exact) mass is 166 g/mol. The molecule has 0 unspecified atom stereocenters. The summed E-state index contributed by atoms with van der Waals surface area (Å²) in [5.41, 5.74) is 1.38. The van der Waals surface area contributed by atoms with Crippen LogP contribution in [0.4, 0.5) is 0 Å². The van der Waals surface area contributed by atoms with Gasteiger partial charge < -0.3 is 4.74 Å². The van der Waals surface area contributed by atoms with Crippen molar-refractivity contribution in [3.63, 3.8) is 0 Å². The molecular formula is C10H14O2. The first-order valence-electron chi connectivity index (χ1n) is 4.67. The van der Waals surface area contributed by atoms with Crippen LogP contribution in [0, 0.1) is 5.92 Å². The van der Waals surface area contributed by atoms with Gasteiger partial charge in [0.25, 0.3) is 0 Å². The molecule has 1 fully saturated rings. The van der Waals surface area contributed by atoms with E-state index in [4.69, 9.17) is 4.74 Å². The maximum atomic E-state index is 11.0. The third-order valence-corrected chi connectivity index (χ3v) is 2.75. The highest BCUT2D eigenvalue weighted by Gasteiger charge is 2.22. The molecule has 1 heterocycles. The third kappa shape index (κ3) is 1.58. The minimum absolute atomic E-state index is 0.316. The van der Waals surface area contributed by atoms with Crippen LogP contribution in [0.2, 0.25) is 0 Å². The lowest BCUT2D eigenvalue weighted by Crippen LogP contribution is -2.16. The van der Waals surface area contributed by atoms with Crippen LogP contribution < -0.4 is 0 Å².